The quantitative estimate of drug-likeness (QED) is 0.659. The highest BCUT2D eigenvalue weighted by Gasteiger charge is 2.30. The molecule has 0 spiro atoms. The molecule has 2 unspecified atom stereocenters. The third kappa shape index (κ3) is 3.70. The molecule has 0 fully saturated rings. The number of aryl methyl sites for hydroxylation is 2. The van der Waals surface area contributed by atoms with E-state index >= 15 is 0 Å². The second-order valence-electron chi connectivity index (χ2n) is 6.95. The molecule has 1 N–H and O–H groups in total. The van der Waals surface area contributed by atoms with Crippen LogP contribution in [0.2, 0.25) is 0 Å². The van der Waals surface area contributed by atoms with Crippen LogP contribution in [0.5, 0.6) is 0 Å². The first-order valence-electron chi connectivity index (χ1n) is 9.28. The molecule has 0 saturated carbocycles. The third-order valence-electron chi connectivity index (χ3n) is 5.00. The van der Waals surface area contributed by atoms with E-state index in [1.54, 1.807) is 0 Å². The van der Waals surface area contributed by atoms with Crippen molar-refractivity contribution in [2.45, 2.75) is 31.8 Å². The van der Waals surface area contributed by atoms with Crippen LogP contribution in [0.3, 0.4) is 0 Å². The van der Waals surface area contributed by atoms with Crippen molar-refractivity contribution in [1.29, 1.82) is 0 Å². The number of rotatable bonds is 5. The van der Waals surface area contributed by atoms with Gasteiger partial charge in [-0.15, -0.1) is 0 Å². The molecule has 3 aromatic rings. The van der Waals surface area contributed by atoms with E-state index in [-0.39, 0.29) is 12.1 Å². The molecule has 1 aliphatic heterocycles. The molecule has 1 heterocycles. The Morgan fingerprint density at radius 2 is 1.35 bits per heavy atom. The molecule has 130 valence electrons. The van der Waals surface area contributed by atoms with Crippen molar-refractivity contribution in [3.8, 4) is 0 Å². The molecule has 26 heavy (non-hydrogen) atoms. The normalized spacial score (nSPS) is 19.0. The average molecular weight is 340 g/mol. The summed E-state index contributed by atoms with van der Waals surface area (Å²) in [5, 5.41) is 3.69. The Balaban J connectivity index is 1.55. The van der Waals surface area contributed by atoms with Crippen molar-refractivity contribution in [2.24, 2.45) is 4.99 Å². The van der Waals surface area contributed by atoms with Crippen molar-refractivity contribution in [3.05, 3.63) is 107 Å². The molecule has 1 aliphatic rings. The summed E-state index contributed by atoms with van der Waals surface area (Å²) in [7, 11) is 0. The molecule has 0 bridgehead atoms. The molecule has 2 atom stereocenters. The van der Waals surface area contributed by atoms with Crippen LogP contribution in [0.4, 0.5) is 0 Å². The number of hydrogen-bond donors (Lipinski definition) is 1. The summed E-state index contributed by atoms with van der Waals surface area (Å²) in [5.74, 6) is 1.10. The van der Waals surface area contributed by atoms with Crippen molar-refractivity contribution < 1.29 is 0 Å². The zero-order chi connectivity index (χ0) is 17.8. The van der Waals surface area contributed by atoms with Crippen LogP contribution in [-0.4, -0.2) is 5.84 Å². The number of nitrogens with zero attached hydrogens (tertiary/aromatic N) is 1. The molecule has 0 amide bonds. The van der Waals surface area contributed by atoms with Gasteiger partial charge in [-0.25, -0.2) is 0 Å². The van der Waals surface area contributed by atoms with Crippen LogP contribution >= 0.6 is 0 Å². The Kier molecular flexibility index (Phi) is 4.83. The topological polar surface area (TPSA) is 24.4 Å². The van der Waals surface area contributed by atoms with E-state index in [0.29, 0.717) is 0 Å². The summed E-state index contributed by atoms with van der Waals surface area (Å²) in [5.41, 5.74) is 5.22. The van der Waals surface area contributed by atoms with Gasteiger partial charge in [0.05, 0.1) is 11.9 Å². The highest BCUT2D eigenvalue weighted by molar-refractivity contribution is 5.85. The lowest BCUT2D eigenvalue weighted by Crippen LogP contribution is -2.24. The Labute approximate surface area is 155 Å². The van der Waals surface area contributed by atoms with Crippen LogP contribution in [0.25, 0.3) is 0 Å². The van der Waals surface area contributed by atoms with Crippen LogP contribution in [0.1, 0.15) is 40.8 Å². The summed E-state index contributed by atoms with van der Waals surface area (Å²) in [4.78, 5) is 5.05. The predicted molar refractivity (Wildman–Crippen MR) is 108 cm³/mol. The number of benzene rings is 3. The molecule has 2 nitrogen and oxygen atoms in total. The fraction of sp³-hybridized carbons (Fsp3) is 0.208. The fourth-order valence-corrected chi connectivity index (χ4v) is 3.54. The predicted octanol–water partition coefficient (Wildman–Crippen LogP) is 5.41. The molecular formula is C24H24N2. The number of nitrogens with one attached hydrogen (secondary N) is 1. The second kappa shape index (κ2) is 7.57. The van der Waals surface area contributed by atoms with E-state index in [2.05, 4.69) is 97.2 Å². The average Bonchev–Trinajstić information content (AvgIpc) is 3.13. The van der Waals surface area contributed by atoms with Crippen LogP contribution in [0, 0.1) is 6.92 Å². The minimum absolute atomic E-state index is 0.131. The molecule has 0 radical (unpaired) electrons. The number of amidine groups is 1. The van der Waals surface area contributed by atoms with Crippen molar-refractivity contribution >= 4 is 5.84 Å². The van der Waals surface area contributed by atoms with Gasteiger partial charge in [0, 0.05) is 6.42 Å². The Hall–Kier alpha value is -2.87. The molecule has 3 aromatic carbocycles. The number of hydrogen-bond acceptors (Lipinski definition) is 2. The molecular weight excluding hydrogens is 316 g/mol. The van der Waals surface area contributed by atoms with Gasteiger partial charge >= 0.3 is 0 Å². The van der Waals surface area contributed by atoms with E-state index in [1.165, 1.54) is 22.3 Å². The lowest BCUT2D eigenvalue weighted by Gasteiger charge is -2.19. The maximum atomic E-state index is 5.05. The molecule has 0 aromatic heterocycles. The largest absolute Gasteiger partial charge is 0.364 e. The zero-order valence-electron chi connectivity index (χ0n) is 15.1. The van der Waals surface area contributed by atoms with Crippen molar-refractivity contribution in [3.63, 3.8) is 0 Å². The summed E-state index contributed by atoms with van der Waals surface area (Å²) in [6.07, 6.45) is 1.95. The molecule has 2 heteroatoms. The maximum Gasteiger partial charge on any atom is 0.101 e. The van der Waals surface area contributed by atoms with Crippen LogP contribution in [-0.2, 0) is 6.42 Å². The van der Waals surface area contributed by atoms with Gasteiger partial charge in [0.25, 0.3) is 0 Å². The van der Waals surface area contributed by atoms with Gasteiger partial charge in [0.1, 0.15) is 6.04 Å². The third-order valence-corrected chi connectivity index (χ3v) is 5.00. The number of aliphatic imine (C=N–C) groups is 1. The minimum atomic E-state index is 0.131. The first-order chi connectivity index (χ1) is 12.8. The lowest BCUT2D eigenvalue weighted by molar-refractivity contribution is 0.571. The van der Waals surface area contributed by atoms with Crippen LogP contribution in [0.15, 0.2) is 89.9 Å². The van der Waals surface area contributed by atoms with Gasteiger partial charge in [0.15, 0.2) is 0 Å². The van der Waals surface area contributed by atoms with E-state index in [0.717, 1.165) is 18.7 Å². The highest BCUT2D eigenvalue weighted by atomic mass is 15.1. The first-order valence-corrected chi connectivity index (χ1v) is 9.28. The molecule has 0 aliphatic carbocycles. The molecule has 4 rings (SSSR count). The summed E-state index contributed by atoms with van der Waals surface area (Å²) in [6, 6.07) is 30.4. The summed E-state index contributed by atoms with van der Waals surface area (Å²) >= 11 is 0. The second-order valence-corrected chi connectivity index (χ2v) is 6.95. The summed E-state index contributed by atoms with van der Waals surface area (Å²) in [6.45, 7) is 2.13. The van der Waals surface area contributed by atoms with E-state index in [4.69, 9.17) is 4.99 Å². The standard InChI is InChI=1S/C24H24N2/c1-18-12-14-19(15-13-18)16-17-22-25-23(20-8-4-2-5-9-20)24(26-22)21-10-6-3-7-11-21/h2-15,23-24H,16-17H2,1H3,(H,25,26). The Bertz CT molecular complexity index is 867. The maximum absolute atomic E-state index is 5.05. The van der Waals surface area contributed by atoms with E-state index in [1.807, 2.05) is 0 Å². The van der Waals surface area contributed by atoms with Crippen molar-refractivity contribution in [2.75, 3.05) is 0 Å². The monoisotopic (exact) mass is 340 g/mol. The fourth-order valence-electron chi connectivity index (χ4n) is 3.54. The van der Waals surface area contributed by atoms with E-state index < -0.39 is 0 Å². The summed E-state index contributed by atoms with van der Waals surface area (Å²) < 4.78 is 0. The van der Waals surface area contributed by atoms with Gasteiger partial charge in [-0.05, 0) is 30.0 Å². The van der Waals surface area contributed by atoms with Gasteiger partial charge in [-0.3, -0.25) is 4.99 Å². The molecule has 0 saturated heterocycles. The lowest BCUT2D eigenvalue weighted by atomic mass is 9.95. The SMILES string of the molecule is Cc1ccc(CCC2=NC(c3ccccc3)C(c3ccccc3)N2)cc1. The minimum Gasteiger partial charge on any atom is -0.364 e. The first kappa shape index (κ1) is 16.6. The van der Waals surface area contributed by atoms with E-state index in [9.17, 15) is 0 Å². The Morgan fingerprint density at radius 3 is 2.00 bits per heavy atom. The zero-order valence-corrected chi connectivity index (χ0v) is 15.1. The Morgan fingerprint density at radius 1 is 0.731 bits per heavy atom. The van der Waals surface area contributed by atoms with Gasteiger partial charge in [-0.2, -0.15) is 0 Å². The smallest absolute Gasteiger partial charge is 0.101 e. The van der Waals surface area contributed by atoms with Gasteiger partial charge in [-0.1, -0.05) is 90.5 Å². The highest BCUT2D eigenvalue weighted by Crippen LogP contribution is 2.36. The van der Waals surface area contributed by atoms with Crippen LogP contribution < -0.4 is 5.32 Å². The van der Waals surface area contributed by atoms with Gasteiger partial charge < -0.3 is 5.32 Å². The van der Waals surface area contributed by atoms with Gasteiger partial charge in [0.2, 0.25) is 0 Å². The van der Waals surface area contributed by atoms with Crippen molar-refractivity contribution in [1.82, 2.24) is 5.32 Å².